The third-order valence-corrected chi connectivity index (χ3v) is 4.48. The molecule has 0 fully saturated rings. The highest BCUT2D eigenvalue weighted by atomic mass is 35.5. The molecule has 11 heteroatoms. The van der Waals surface area contributed by atoms with E-state index in [1.165, 1.54) is 6.07 Å². The number of hydrogen-bond acceptors (Lipinski definition) is 9. The van der Waals surface area contributed by atoms with Crippen molar-refractivity contribution in [3.63, 3.8) is 0 Å². The van der Waals surface area contributed by atoms with Crippen LogP contribution in [0.5, 0.6) is 0 Å². The lowest BCUT2D eigenvalue weighted by Gasteiger charge is -2.06. The zero-order chi connectivity index (χ0) is 27.6. The molecule has 0 unspecified atom stereocenters. The van der Waals surface area contributed by atoms with Crippen LogP contribution in [0.25, 0.3) is 24.3 Å². The number of nitrogens with two attached hydrogens (primary N) is 2. The van der Waals surface area contributed by atoms with Crippen LogP contribution in [0.1, 0.15) is 42.0 Å². The monoisotopic (exact) mass is 537 g/mol. The molecule has 37 heavy (non-hydrogen) atoms. The highest BCUT2D eigenvalue weighted by molar-refractivity contribution is 6.33. The summed E-state index contributed by atoms with van der Waals surface area (Å²) < 4.78 is 0. The van der Waals surface area contributed by atoms with Gasteiger partial charge in [-0.15, -0.1) is 12.3 Å². The van der Waals surface area contributed by atoms with Crippen molar-refractivity contribution in [3.8, 4) is 12.3 Å². The van der Waals surface area contributed by atoms with E-state index in [0.717, 1.165) is 37.2 Å². The van der Waals surface area contributed by atoms with Gasteiger partial charge in [0.25, 0.3) is 0 Å². The van der Waals surface area contributed by atoms with E-state index in [1.807, 2.05) is 6.07 Å². The number of hydrogen-bond donors (Lipinski definition) is 3. The fraction of sp³-hybridized carbons (Fsp3) is 0.154. The van der Waals surface area contributed by atoms with Crippen LogP contribution in [-0.2, 0) is 0 Å². The number of unbranched alkanes of at least 4 members (excludes halogenated alkanes) is 2. The van der Waals surface area contributed by atoms with E-state index < -0.39 is 0 Å². The standard InChI is InChI=1S/C14H17N3.C8H9N3.C4H3Cl2N3/c1-4-7-8-9-10-15-14-16-12(5-2)11-13(6-3)17-14;1-3-6-5-7(4-2)11-8(9)10-6;5-2-1-3(6)9-4(7)8-2/h1,5-6,11H,2-3,7-10H2,(H,15,16,17);3-5H,1-2H2,(H2,9,10,11);1H,(H2,7,8,9). The van der Waals surface area contributed by atoms with Crippen molar-refractivity contribution in [1.82, 2.24) is 29.9 Å². The first-order valence-electron chi connectivity index (χ1n) is 10.9. The van der Waals surface area contributed by atoms with E-state index in [9.17, 15) is 0 Å². The first-order chi connectivity index (χ1) is 17.7. The topological polar surface area (TPSA) is 141 Å². The zero-order valence-corrected chi connectivity index (χ0v) is 21.9. The minimum absolute atomic E-state index is 0.0903. The molecule has 3 aromatic heterocycles. The van der Waals surface area contributed by atoms with Gasteiger partial charge in [-0.05, 0) is 49.3 Å². The Kier molecular flexibility index (Phi) is 14.3. The van der Waals surface area contributed by atoms with Crippen LogP contribution in [0.3, 0.4) is 0 Å². The highest BCUT2D eigenvalue weighted by Gasteiger charge is 2.00. The van der Waals surface area contributed by atoms with Crippen LogP contribution in [0.15, 0.2) is 44.5 Å². The molecule has 0 spiro atoms. The summed E-state index contributed by atoms with van der Waals surface area (Å²) in [6.45, 7) is 15.3. The third kappa shape index (κ3) is 12.9. The molecule has 0 saturated heterocycles. The number of aromatic nitrogens is 6. The molecule has 0 aromatic carbocycles. The molecule has 5 N–H and O–H groups in total. The van der Waals surface area contributed by atoms with Gasteiger partial charge in [0.05, 0.1) is 22.8 Å². The SMILES string of the molecule is C#CCCCCNc1nc(C=C)cc(C=C)n1.C=Cc1cc(C=C)nc(N)n1.Nc1nc(Cl)cc(Cl)n1. The van der Waals surface area contributed by atoms with Crippen molar-refractivity contribution in [2.45, 2.75) is 19.3 Å². The lowest BCUT2D eigenvalue weighted by Crippen LogP contribution is -2.06. The first-order valence-corrected chi connectivity index (χ1v) is 11.7. The average Bonchev–Trinajstić information content (AvgIpc) is 2.87. The summed E-state index contributed by atoms with van der Waals surface area (Å²) in [5.41, 5.74) is 13.6. The van der Waals surface area contributed by atoms with Crippen molar-refractivity contribution in [1.29, 1.82) is 0 Å². The summed E-state index contributed by atoms with van der Waals surface area (Å²) in [5.74, 6) is 3.56. The summed E-state index contributed by atoms with van der Waals surface area (Å²) in [5, 5.41) is 3.68. The molecule has 0 aliphatic carbocycles. The van der Waals surface area contributed by atoms with Gasteiger partial charge in [-0.2, -0.15) is 0 Å². The fourth-order valence-corrected chi connectivity index (χ4v) is 2.88. The van der Waals surface area contributed by atoms with Gasteiger partial charge in [-0.1, -0.05) is 49.5 Å². The normalized spacial score (nSPS) is 9.32. The van der Waals surface area contributed by atoms with Gasteiger partial charge in [0.1, 0.15) is 10.3 Å². The van der Waals surface area contributed by atoms with Gasteiger partial charge in [0.15, 0.2) is 0 Å². The Morgan fingerprint density at radius 3 is 1.57 bits per heavy atom. The van der Waals surface area contributed by atoms with Crippen molar-refractivity contribution in [3.05, 3.63) is 77.6 Å². The molecule has 0 amide bonds. The maximum absolute atomic E-state index is 5.43. The Morgan fingerprint density at radius 1 is 0.730 bits per heavy atom. The number of nitrogen functional groups attached to an aromatic ring is 2. The molecule has 3 rings (SSSR count). The van der Waals surface area contributed by atoms with Gasteiger partial charge in [-0.25, -0.2) is 29.9 Å². The maximum atomic E-state index is 5.43. The van der Waals surface area contributed by atoms with E-state index in [2.05, 4.69) is 67.5 Å². The fourth-order valence-electron chi connectivity index (χ4n) is 2.45. The summed E-state index contributed by atoms with van der Waals surface area (Å²) in [6.07, 6.45) is 14.6. The van der Waals surface area contributed by atoms with Gasteiger partial charge in [-0.3, -0.25) is 0 Å². The highest BCUT2D eigenvalue weighted by Crippen LogP contribution is 2.11. The molecular formula is C26H29Cl2N9. The summed E-state index contributed by atoms with van der Waals surface area (Å²) in [6, 6.07) is 5.01. The minimum atomic E-state index is 0.0903. The average molecular weight is 538 g/mol. The molecule has 3 heterocycles. The predicted molar refractivity (Wildman–Crippen MR) is 156 cm³/mol. The zero-order valence-electron chi connectivity index (χ0n) is 20.4. The molecular weight excluding hydrogens is 509 g/mol. The minimum Gasteiger partial charge on any atom is -0.368 e. The van der Waals surface area contributed by atoms with Crippen LogP contribution in [0.4, 0.5) is 17.8 Å². The Morgan fingerprint density at radius 2 is 1.16 bits per heavy atom. The molecule has 0 aliphatic heterocycles. The molecule has 192 valence electrons. The largest absolute Gasteiger partial charge is 0.368 e. The lowest BCUT2D eigenvalue weighted by molar-refractivity contribution is 0.784. The van der Waals surface area contributed by atoms with Crippen molar-refractivity contribution in [2.24, 2.45) is 0 Å². The van der Waals surface area contributed by atoms with Gasteiger partial charge >= 0.3 is 0 Å². The smallest absolute Gasteiger partial charge is 0.223 e. The van der Waals surface area contributed by atoms with Gasteiger partial charge < -0.3 is 16.8 Å². The van der Waals surface area contributed by atoms with E-state index in [-0.39, 0.29) is 22.2 Å². The van der Waals surface area contributed by atoms with Gasteiger partial charge in [0, 0.05) is 19.0 Å². The number of rotatable bonds is 9. The number of anilines is 3. The Bertz CT molecular complexity index is 1150. The first kappa shape index (κ1) is 30.8. The summed E-state index contributed by atoms with van der Waals surface area (Å²) >= 11 is 10.9. The molecule has 0 aliphatic rings. The molecule has 0 bridgehead atoms. The Balaban J connectivity index is 0.000000295. The van der Waals surface area contributed by atoms with Crippen LogP contribution in [0, 0.1) is 12.3 Å². The van der Waals surface area contributed by atoms with Crippen molar-refractivity contribution < 1.29 is 0 Å². The molecule has 3 aromatic rings. The van der Waals surface area contributed by atoms with Crippen molar-refractivity contribution >= 4 is 65.4 Å². The summed E-state index contributed by atoms with van der Waals surface area (Å²) in [7, 11) is 0. The van der Waals surface area contributed by atoms with Gasteiger partial charge in [0.2, 0.25) is 17.8 Å². The van der Waals surface area contributed by atoms with Crippen LogP contribution in [0.2, 0.25) is 10.3 Å². The van der Waals surface area contributed by atoms with E-state index in [4.69, 9.17) is 41.1 Å². The second-order valence-corrected chi connectivity index (χ2v) is 7.67. The number of halogens is 2. The van der Waals surface area contributed by atoms with Crippen LogP contribution < -0.4 is 16.8 Å². The lowest BCUT2D eigenvalue weighted by atomic mass is 10.2. The second kappa shape index (κ2) is 17.2. The third-order valence-electron chi connectivity index (χ3n) is 4.10. The molecule has 9 nitrogen and oxygen atoms in total. The number of nitrogens with zero attached hydrogens (tertiary/aromatic N) is 6. The molecule has 0 atom stereocenters. The predicted octanol–water partition coefficient (Wildman–Crippen LogP) is 5.69. The maximum Gasteiger partial charge on any atom is 0.223 e. The molecule has 0 radical (unpaired) electrons. The Hall–Kier alpha value is -4.26. The second-order valence-electron chi connectivity index (χ2n) is 6.89. The number of nitrogens with one attached hydrogen (secondary N) is 1. The van der Waals surface area contributed by atoms with Crippen LogP contribution in [-0.4, -0.2) is 36.4 Å². The van der Waals surface area contributed by atoms with E-state index in [1.54, 1.807) is 30.4 Å². The quantitative estimate of drug-likeness (QED) is 0.178. The van der Waals surface area contributed by atoms with Crippen LogP contribution >= 0.6 is 23.2 Å². The van der Waals surface area contributed by atoms with E-state index in [0.29, 0.717) is 17.3 Å². The number of terminal acetylenes is 1. The van der Waals surface area contributed by atoms with Crippen molar-refractivity contribution in [2.75, 3.05) is 23.3 Å². The van der Waals surface area contributed by atoms with E-state index >= 15 is 0 Å². The summed E-state index contributed by atoms with van der Waals surface area (Å²) in [4.78, 5) is 23.5. The molecule has 0 saturated carbocycles. The Labute approximate surface area is 227 Å².